The molecular formula is C17H23BrN2. The molecule has 1 heterocycles. The summed E-state index contributed by atoms with van der Waals surface area (Å²) in [5.74, 6) is 1.38. The first-order valence-corrected chi connectivity index (χ1v) is 8.37. The standard InChI is InChI=1S/C17H23BrN2/c1-16(2,3)13-8-9-17(19-20-17)14(11-13)10-12-4-6-15(18)7-5-12/h4-7,13-14H,8-11H2,1-3H3. The van der Waals surface area contributed by atoms with Gasteiger partial charge in [0.1, 0.15) is 0 Å². The van der Waals surface area contributed by atoms with E-state index in [2.05, 4.69) is 71.2 Å². The van der Waals surface area contributed by atoms with Crippen LogP contribution in [0, 0.1) is 17.3 Å². The minimum Gasteiger partial charge on any atom is -0.159 e. The lowest BCUT2D eigenvalue weighted by molar-refractivity contribution is 0.111. The summed E-state index contributed by atoms with van der Waals surface area (Å²) in [6, 6.07) is 8.71. The van der Waals surface area contributed by atoms with Gasteiger partial charge in [0.25, 0.3) is 0 Å². The second kappa shape index (κ2) is 4.94. The van der Waals surface area contributed by atoms with Crippen LogP contribution in [0.4, 0.5) is 0 Å². The molecule has 0 saturated heterocycles. The SMILES string of the molecule is CC(C)(C)C1CCC2(N=N2)C(Cc2ccc(Br)cc2)C1. The van der Waals surface area contributed by atoms with E-state index in [0.29, 0.717) is 11.3 Å². The van der Waals surface area contributed by atoms with Crippen molar-refractivity contribution in [3.63, 3.8) is 0 Å². The Hall–Kier alpha value is -0.700. The Labute approximate surface area is 130 Å². The Kier molecular flexibility index (Phi) is 3.52. The average Bonchev–Trinajstić information content (AvgIpc) is 3.14. The predicted octanol–water partition coefficient (Wildman–Crippen LogP) is 5.62. The zero-order chi connectivity index (χ0) is 14.4. The van der Waals surface area contributed by atoms with Crippen molar-refractivity contribution in [3.8, 4) is 0 Å². The highest BCUT2D eigenvalue weighted by molar-refractivity contribution is 9.10. The molecule has 2 aliphatic rings. The Morgan fingerprint density at radius 1 is 1.20 bits per heavy atom. The van der Waals surface area contributed by atoms with Gasteiger partial charge in [0.05, 0.1) is 0 Å². The third-order valence-corrected chi connectivity index (χ3v) is 5.59. The Balaban J connectivity index is 1.73. The maximum absolute atomic E-state index is 4.42. The predicted molar refractivity (Wildman–Crippen MR) is 85.7 cm³/mol. The van der Waals surface area contributed by atoms with E-state index in [1.165, 1.54) is 18.4 Å². The van der Waals surface area contributed by atoms with Crippen LogP contribution in [0.15, 0.2) is 39.0 Å². The van der Waals surface area contributed by atoms with E-state index in [0.717, 1.165) is 23.2 Å². The number of nitrogens with zero attached hydrogens (tertiary/aromatic N) is 2. The number of rotatable bonds is 2. The first-order chi connectivity index (χ1) is 9.39. The van der Waals surface area contributed by atoms with Crippen LogP contribution in [0.1, 0.15) is 45.6 Å². The van der Waals surface area contributed by atoms with Crippen molar-refractivity contribution in [2.45, 2.75) is 52.1 Å². The lowest BCUT2D eigenvalue weighted by Gasteiger charge is -2.40. The van der Waals surface area contributed by atoms with E-state index in [4.69, 9.17) is 0 Å². The second-order valence-electron chi connectivity index (χ2n) is 7.44. The minimum atomic E-state index is -0.0190. The number of hydrogen-bond acceptors (Lipinski definition) is 2. The van der Waals surface area contributed by atoms with Gasteiger partial charge in [-0.25, -0.2) is 0 Å². The van der Waals surface area contributed by atoms with Crippen LogP contribution in [0.25, 0.3) is 0 Å². The molecule has 0 radical (unpaired) electrons. The third kappa shape index (κ3) is 2.83. The third-order valence-electron chi connectivity index (χ3n) is 5.06. The van der Waals surface area contributed by atoms with Crippen LogP contribution in [0.5, 0.6) is 0 Å². The van der Waals surface area contributed by atoms with E-state index in [9.17, 15) is 0 Å². The van der Waals surface area contributed by atoms with E-state index < -0.39 is 0 Å². The molecule has 0 amide bonds. The van der Waals surface area contributed by atoms with Crippen LogP contribution in [0.2, 0.25) is 0 Å². The molecule has 20 heavy (non-hydrogen) atoms. The number of benzene rings is 1. The van der Waals surface area contributed by atoms with Gasteiger partial charge < -0.3 is 0 Å². The highest BCUT2D eigenvalue weighted by Crippen LogP contribution is 2.53. The van der Waals surface area contributed by atoms with Gasteiger partial charge in [0.2, 0.25) is 0 Å². The van der Waals surface area contributed by atoms with Crippen molar-refractivity contribution in [3.05, 3.63) is 34.3 Å². The maximum Gasteiger partial charge on any atom is 0.194 e. The molecule has 1 fully saturated rings. The molecule has 1 saturated carbocycles. The lowest BCUT2D eigenvalue weighted by Crippen LogP contribution is -2.38. The molecule has 1 aliphatic heterocycles. The van der Waals surface area contributed by atoms with Gasteiger partial charge >= 0.3 is 0 Å². The lowest BCUT2D eigenvalue weighted by atomic mass is 9.65. The van der Waals surface area contributed by atoms with E-state index in [1.807, 2.05) is 0 Å². The van der Waals surface area contributed by atoms with Crippen LogP contribution >= 0.6 is 15.9 Å². The van der Waals surface area contributed by atoms with Crippen molar-refractivity contribution < 1.29 is 0 Å². The average molecular weight is 335 g/mol. The maximum atomic E-state index is 4.42. The van der Waals surface area contributed by atoms with Gasteiger partial charge in [-0.05, 0) is 54.7 Å². The Morgan fingerprint density at radius 3 is 2.40 bits per heavy atom. The molecule has 2 unspecified atom stereocenters. The fraction of sp³-hybridized carbons (Fsp3) is 0.647. The molecule has 3 rings (SSSR count). The summed E-state index contributed by atoms with van der Waals surface area (Å²) in [5, 5.41) is 8.84. The molecule has 1 aromatic carbocycles. The van der Waals surface area contributed by atoms with Crippen LogP contribution in [0.3, 0.4) is 0 Å². The van der Waals surface area contributed by atoms with E-state index in [1.54, 1.807) is 0 Å². The molecule has 0 aromatic heterocycles. The Bertz CT molecular complexity index is 507. The zero-order valence-electron chi connectivity index (χ0n) is 12.6. The molecular weight excluding hydrogens is 312 g/mol. The fourth-order valence-electron chi connectivity index (χ4n) is 3.51. The monoisotopic (exact) mass is 334 g/mol. The summed E-state index contributed by atoms with van der Waals surface area (Å²) >= 11 is 3.50. The smallest absolute Gasteiger partial charge is 0.159 e. The summed E-state index contributed by atoms with van der Waals surface area (Å²) in [6.07, 6.45) is 4.78. The summed E-state index contributed by atoms with van der Waals surface area (Å²) in [5.41, 5.74) is 1.79. The highest BCUT2D eigenvalue weighted by atomic mass is 79.9. The largest absolute Gasteiger partial charge is 0.194 e. The summed E-state index contributed by atoms with van der Waals surface area (Å²) in [6.45, 7) is 7.11. The van der Waals surface area contributed by atoms with Crippen LogP contribution in [-0.4, -0.2) is 5.66 Å². The number of halogens is 1. The first kappa shape index (κ1) is 14.2. The molecule has 0 N–H and O–H groups in total. The summed E-state index contributed by atoms with van der Waals surface area (Å²) < 4.78 is 1.15. The zero-order valence-corrected chi connectivity index (χ0v) is 14.2. The normalized spacial score (nSPS) is 27.8. The summed E-state index contributed by atoms with van der Waals surface area (Å²) in [4.78, 5) is 0. The minimum absolute atomic E-state index is 0.0190. The van der Waals surface area contributed by atoms with Crippen molar-refractivity contribution in [2.24, 2.45) is 27.5 Å². The van der Waals surface area contributed by atoms with Gasteiger partial charge in [-0.2, -0.15) is 10.2 Å². The molecule has 108 valence electrons. The quantitative estimate of drug-likeness (QED) is 0.670. The molecule has 1 aliphatic carbocycles. The first-order valence-electron chi connectivity index (χ1n) is 7.58. The molecule has 1 spiro atoms. The van der Waals surface area contributed by atoms with Gasteiger partial charge in [0, 0.05) is 10.4 Å². The van der Waals surface area contributed by atoms with E-state index in [-0.39, 0.29) is 5.66 Å². The molecule has 2 nitrogen and oxygen atoms in total. The molecule has 2 atom stereocenters. The van der Waals surface area contributed by atoms with Gasteiger partial charge in [-0.3, -0.25) is 0 Å². The number of hydrogen-bond donors (Lipinski definition) is 0. The Morgan fingerprint density at radius 2 is 1.85 bits per heavy atom. The van der Waals surface area contributed by atoms with Crippen molar-refractivity contribution in [1.29, 1.82) is 0 Å². The topological polar surface area (TPSA) is 24.7 Å². The van der Waals surface area contributed by atoms with Crippen molar-refractivity contribution >= 4 is 15.9 Å². The molecule has 1 aromatic rings. The fourth-order valence-corrected chi connectivity index (χ4v) is 3.77. The molecule has 3 heteroatoms. The van der Waals surface area contributed by atoms with Crippen LogP contribution < -0.4 is 0 Å². The van der Waals surface area contributed by atoms with Crippen LogP contribution in [-0.2, 0) is 6.42 Å². The highest BCUT2D eigenvalue weighted by Gasteiger charge is 2.52. The van der Waals surface area contributed by atoms with Crippen molar-refractivity contribution in [2.75, 3.05) is 0 Å². The van der Waals surface area contributed by atoms with Gasteiger partial charge in [-0.1, -0.05) is 48.8 Å². The van der Waals surface area contributed by atoms with Gasteiger partial charge in [-0.15, -0.1) is 0 Å². The summed E-state index contributed by atoms with van der Waals surface area (Å²) in [7, 11) is 0. The van der Waals surface area contributed by atoms with Gasteiger partial charge in [0.15, 0.2) is 5.66 Å². The molecule has 0 bridgehead atoms. The second-order valence-corrected chi connectivity index (χ2v) is 8.36. The van der Waals surface area contributed by atoms with E-state index >= 15 is 0 Å². The van der Waals surface area contributed by atoms with Crippen molar-refractivity contribution in [1.82, 2.24) is 0 Å².